The van der Waals surface area contributed by atoms with Crippen LogP contribution < -0.4 is 4.80 Å². The maximum absolute atomic E-state index is 10.2. The van der Waals surface area contributed by atoms with Crippen molar-refractivity contribution in [1.29, 1.82) is 0 Å². The van der Waals surface area contributed by atoms with Crippen molar-refractivity contribution in [1.82, 2.24) is 4.57 Å². The van der Waals surface area contributed by atoms with Crippen LogP contribution in [0.25, 0.3) is 0 Å². The minimum absolute atomic E-state index is 0.661. The maximum atomic E-state index is 10.2. The summed E-state index contributed by atoms with van der Waals surface area (Å²) in [7, 11) is 0. The summed E-state index contributed by atoms with van der Waals surface area (Å²) in [6.45, 7) is 2.82. The highest BCUT2D eigenvalue weighted by molar-refractivity contribution is 7.07. The molecule has 88 valence electrons. The maximum Gasteiger partial charge on any atom is 0.214 e. The van der Waals surface area contributed by atoms with Gasteiger partial charge >= 0.3 is 0 Å². The van der Waals surface area contributed by atoms with Crippen LogP contribution in [0, 0.1) is 11.8 Å². The molecule has 17 heavy (non-hydrogen) atoms. The number of nitroso groups, excluding NO2 is 1. The SMILES string of the molecule is Cc1cs/c(=N/N=O)n1CCc1ccccc1. The molecule has 0 saturated carbocycles. The molecule has 1 heterocycles. The number of aryl methyl sites for hydroxylation is 2. The number of hydrogen-bond donors (Lipinski definition) is 0. The van der Waals surface area contributed by atoms with Gasteiger partial charge in [0.2, 0.25) is 4.80 Å². The minimum Gasteiger partial charge on any atom is -0.319 e. The lowest BCUT2D eigenvalue weighted by atomic mass is 10.1. The Hall–Kier alpha value is -1.75. The van der Waals surface area contributed by atoms with Gasteiger partial charge in [0, 0.05) is 17.6 Å². The summed E-state index contributed by atoms with van der Waals surface area (Å²) < 4.78 is 2.01. The molecule has 2 aromatic rings. The fourth-order valence-corrected chi connectivity index (χ4v) is 2.53. The topological polar surface area (TPSA) is 46.7 Å². The molecule has 0 saturated heterocycles. The monoisotopic (exact) mass is 247 g/mol. The summed E-state index contributed by atoms with van der Waals surface area (Å²) >= 11 is 1.44. The van der Waals surface area contributed by atoms with E-state index in [1.165, 1.54) is 16.9 Å². The van der Waals surface area contributed by atoms with Crippen LogP contribution in [0.4, 0.5) is 0 Å². The summed E-state index contributed by atoms with van der Waals surface area (Å²) in [5.41, 5.74) is 2.38. The second-order valence-electron chi connectivity index (χ2n) is 3.73. The lowest BCUT2D eigenvalue weighted by Crippen LogP contribution is -2.17. The summed E-state index contributed by atoms with van der Waals surface area (Å²) in [5, 5.41) is 8.17. The molecule has 4 nitrogen and oxygen atoms in total. The van der Waals surface area contributed by atoms with Gasteiger partial charge < -0.3 is 4.57 Å². The Balaban J connectivity index is 2.17. The van der Waals surface area contributed by atoms with Gasteiger partial charge in [-0.25, -0.2) is 0 Å². The highest BCUT2D eigenvalue weighted by Crippen LogP contribution is 2.05. The van der Waals surface area contributed by atoms with Crippen molar-refractivity contribution >= 4 is 11.3 Å². The minimum atomic E-state index is 0.661. The Morgan fingerprint density at radius 2 is 2.06 bits per heavy atom. The average molecular weight is 247 g/mol. The van der Waals surface area contributed by atoms with E-state index in [-0.39, 0.29) is 0 Å². The zero-order chi connectivity index (χ0) is 12.1. The standard InChI is InChI=1S/C12H13N3OS/c1-10-9-17-12(13-14-16)15(10)8-7-11-5-3-2-4-6-11/h2-6,9H,7-8H2,1H3/b13-12+. The van der Waals surface area contributed by atoms with Gasteiger partial charge in [-0.05, 0) is 18.9 Å². The molecule has 0 fully saturated rings. The molecule has 0 N–H and O–H groups in total. The highest BCUT2D eigenvalue weighted by atomic mass is 32.1. The van der Waals surface area contributed by atoms with Gasteiger partial charge in [-0.1, -0.05) is 35.4 Å². The van der Waals surface area contributed by atoms with E-state index >= 15 is 0 Å². The molecule has 1 aromatic carbocycles. The van der Waals surface area contributed by atoms with Gasteiger partial charge in [0.1, 0.15) is 0 Å². The second kappa shape index (κ2) is 5.54. The number of nitrogens with zero attached hydrogens (tertiary/aromatic N) is 3. The molecule has 0 aliphatic carbocycles. The molecular weight excluding hydrogens is 234 g/mol. The van der Waals surface area contributed by atoms with Crippen molar-refractivity contribution in [3.8, 4) is 0 Å². The van der Waals surface area contributed by atoms with Crippen molar-refractivity contribution in [3.05, 3.63) is 56.7 Å². The lowest BCUT2D eigenvalue weighted by Gasteiger charge is -2.05. The molecule has 0 aliphatic rings. The Morgan fingerprint density at radius 3 is 2.76 bits per heavy atom. The Morgan fingerprint density at radius 1 is 1.29 bits per heavy atom. The predicted molar refractivity (Wildman–Crippen MR) is 68.6 cm³/mol. The van der Waals surface area contributed by atoms with E-state index in [4.69, 9.17) is 0 Å². The quantitative estimate of drug-likeness (QED) is 0.605. The van der Waals surface area contributed by atoms with E-state index in [0.717, 1.165) is 18.7 Å². The summed E-state index contributed by atoms with van der Waals surface area (Å²) in [5.74, 6) is 0. The van der Waals surface area contributed by atoms with Crippen molar-refractivity contribution in [2.24, 2.45) is 10.4 Å². The van der Waals surface area contributed by atoms with Crippen molar-refractivity contribution in [2.75, 3.05) is 0 Å². The number of aromatic nitrogens is 1. The van der Waals surface area contributed by atoms with Gasteiger partial charge in [0.05, 0.1) is 5.29 Å². The Bertz CT molecular complexity index is 557. The van der Waals surface area contributed by atoms with E-state index < -0.39 is 0 Å². The van der Waals surface area contributed by atoms with Crippen LogP contribution in [-0.2, 0) is 13.0 Å². The van der Waals surface area contributed by atoms with Crippen LogP contribution >= 0.6 is 11.3 Å². The molecule has 0 amide bonds. The third-order valence-electron chi connectivity index (χ3n) is 2.58. The van der Waals surface area contributed by atoms with E-state index in [1.54, 1.807) is 0 Å². The van der Waals surface area contributed by atoms with E-state index in [0.29, 0.717) is 4.80 Å². The third-order valence-corrected chi connectivity index (χ3v) is 3.56. The van der Waals surface area contributed by atoms with Gasteiger partial charge in [-0.3, -0.25) is 0 Å². The fraction of sp³-hybridized carbons (Fsp3) is 0.250. The van der Waals surface area contributed by atoms with E-state index in [9.17, 15) is 4.91 Å². The Labute approximate surface area is 103 Å². The largest absolute Gasteiger partial charge is 0.319 e. The Kier molecular flexibility index (Phi) is 3.82. The van der Waals surface area contributed by atoms with Crippen molar-refractivity contribution in [3.63, 3.8) is 0 Å². The highest BCUT2D eigenvalue weighted by Gasteiger charge is 2.01. The molecule has 0 atom stereocenters. The molecule has 0 aliphatic heterocycles. The van der Waals surface area contributed by atoms with Crippen LogP contribution in [0.2, 0.25) is 0 Å². The molecular formula is C12H13N3OS. The average Bonchev–Trinajstić information content (AvgIpc) is 2.70. The van der Waals surface area contributed by atoms with Gasteiger partial charge in [0.25, 0.3) is 0 Å². The first kappa shape index (κ1) is 11.7. The van der Waals surface area contributed by atoms with Crippen LogP contribution in [0.3, 0.4) is 0 Å². The zero-order valence-corrected chi connectivity index (χ0v) is 10.4. The number of hydrogen-bond acceptors (Lipinski definition) is 3. The third kappa shape index (κ3) is 2.88. The van der Waals surface area contributed by atoms with Crippen LogP contribution in [-0.4, -0.2) is 4.57 Å². The lowest BCUT2D eigenvalue weighted by molar-refractivity contribution is 0.653. The van der Waals surface area contributed by atoms with Gasteiger partial charge in [-0.15, -0.1) is 16.2 Å². The van der Waals surface area contributed by atoms with Crippen LogP contribution in [0.1, 0.15) is 11.3 Å². The molecule has 2 rings (SSSR count). The van der Waals surface area contributed by atoms with Crippen molar-refractivity contribution in [2.45, 2.75) is 19.9 Å². The normalized spacial score (nSPS) is 11.7. The molecule has 5 heteroatoms. The molecule has 0 unspecified atom stereocenters. The summed E-state index contributed by atoms with van der Waals surface area (Å²) in [4.78, 5) is 10.8. The van der Waals surface area contributed by atoms with Crippen molar-refractivity contribution < 1.29 is 0 Å². The molecule has 0 bridgehead atoms. The van der Waals surface area contributed by atoms with E-state index in [1.807, 2.05) is 35.1 Å². The first-order valence-corrected chi connectivity index (χ1v) is 6.24. The first-order valence-electron chi connectivity index (χ1n) is 5.36. The van der Waals surface area contributed by atoms with Gasteiger partial charge in [-0.2, -0.15) is 0 Å². The second-order valence-corrected chi connectivity index (χ2v) is 4.57. The molecule has 0 radical (unpaired) electrons. The fourth-order valence-electron chi connectivity index (χ4n) is 1.69. The van der Waals surface area contributed by atoms with Crippen LogP contribution in [0.5, 0.6) is 0 Å². The van der Waals surface area contributed by atoms with E-state index in [2.05, 4.69) is 22.5 Å². The molecule has 0 spiro atoms. The summed E-state index contributed by atoms with van der Waals surface area (Å²) in [6.07, 6.45) is 0.921. The predicted octanol–water partition coefficient (Wildman–Crippen LogP) is 2.68. The summed E-state index contributed by atoms with van der Waals surface area (Å²) in [6, 6.07) is 10.2. The smallest absolute Gasteiger partial charge is 0.214 e. The number of thiazole rings is 1. The number of rotatable bonds is 4. The molecule has 1 aromatic heterocycles. The van der Waals surface area contributed by atoms with Gasteiger partial charge in [0.15, 0.2) is 0 Å². The number of benzene rings is 1. The van der Waals surface area contributed by atoms with Crippen LogP contribution in [0.15, 0.2) is 46.1 Å². The zero-order valence-electron chi connectivity index (χ0n) is 9.54. The first-order chi connectivity index (χ1) is 8.31.